The monoisotopic (exact) mass is 472 g/mol. The van der Waals surface area contributed by atoms with Gasteiger partial charge in [-0.25, -0.2) is 4.68 Å². The molecule has 1 aliphatic carbocycles. The Hall–Kier alpha value is -3.52. The molecule has 0 spiro atoms. The maximum Gasteiger partial charge on any atom is 0.253 e. The fraction of sp³-hybridized carbons (Fsp3) is 0.407. The maximum atomic E-state index is 13.4. The molecule has 5 rings (SSSR count). The van der Waals surface area contributed by atoms with Crippen molar-refractivity contribution in [2.45, 2.75) is 57.7 Å². The first-order chi connectivity index (χ1) is 17.1. The summed E-state index contributed by atoms with van der Waals surface area (Å²) in [5.74, 6) is 1.46. The first-order valence-electron chi connectivity index (χ1n) is 12.5. The summed E-state index contributed by atoms with van der Waals surface area (Å²) in [4.78, 5) is 18.8. The number of aromatic nitrogens is 5. The van der Waals surface area contributed by atoms with Crippen molar-refractivity contribution in [3.63, 3.8) is 0 Å². The van der Waals surface area contributed by atoms with Crippen LogP contribution in [0.15, 0.2) is 59.4 Å². The van der Waals surface area contributed by atoms with Gasteiger partial charge in [-0.1, -0.05) is 49.6 Å². The van der Waals surface area contributed by atoms with Gasteiger partial charge in [0.25, 0.3) is 5.56 Å². The van der Waals surface area contributed by atoms with Gasteiger partial charge in [0, 0.05) is 22.5 Å². The zero-order valence-corrected chi connectivity index (χ0v) is 20.4. The summed E-state index contributed by atoms with van der Waals surface area (Å²) in [5, 5.41) is 13.7. The van der Waals surface area contributed by atoms with Gasteiger partial charge in [-0.05, 0) is 67.1 Å². The molecule has 2 heterocycles. The second kappa shape index (κ2) is 10.4. The molecule has 8 heteroatoms. The molecule has 1 aliphatic rings. The van der Waals surface area contributed by atoms with Crippen molar-refractivity contribution >= 4 is 10.9 Å². The van der Waals surface area contributed by atoms with E-state index in [2.05, 4.69) is 44.6 Å². The highest BCUT2D eigenvalue weighted by Crippen LogP contribution is 2.32. The molecule has 1 saturated carbocycles. The average Bonchev–Trinajstić information content (AvgIpc) is 3.33. The number of tetrazole rings is 1. The Balaban J connectivity index is 1.61. The smallest absolute Gasteiger partial charge is 0.253 e. The standard InChI is InChI=1S/C27H32N6O2/c1-3-35-22-14-15-24-20(16-22)17-23(27(34)28-24)25(32(2)21-12-8-5-9-13-21)26-29-30-31-33(26)18-19-10-6-4-7-11-19/h4,6-7,10-11,14-17,21,25H,3,5,8-9,12-13,18H2,1-2H3,(H,28,34)/t25-/m1/s1. The summed E-state index contributed by atoms with van der Waals surface area (Å²) in [6.07, 6.45) is 5.86. The van der Waals surface area contributed by atoms with Gasteiger partial charge >= 0.3 is 0 Å². The van der Waals surface area contributed by atoms with E-state index in [9.17, 15) is 4.79 Å². The van der Waals surface area contributed by atoms with E-state index in [1.807, 2.05) is 54.1 Å². The number of H-pyrrole nitrogens is 1. The average molecular weight is 473 g/mol. The molecule has 0 aliphatic heterocycles. The van der Waals surface area contributed by atoms with Crippen molar-refractivity contribution in [1.29, 1.82) is 0 Å². The summed E-state index contributed by atoms with van der Waals surface area (Å²) in [7, 11) is 2.10. The lowest BCUT2D eigenvalue weighted by Gasteiger charge is -2.36. The molecule has 0 radical (unpaired) electrons. The van der Waals surface area contributed by atoms with Gasteiger partial charge in [0.05, 0.1) is 13.2 Å². The summed E-state index contributed by atoms with van der Waals surface area (Å²) < 4.78 is 7.53. The Kier molecular flexibility index (Phi) is 6.90. The molecule has 2 aromatic carbocycles. The Morgan fingerprint density at radius 3 is 2.69 bits per heavy atom. The zero-order chi connectivity index (χ0) is 24.2. The van der Waals surface area contributed by atoms with Crippen LogP contribution in [0.4, 0.5) is 0 Å². The predicted octanol–water partition coefficient (Wildman–Crippen LogP) is 4.32. The Bertz CT molecular complexity index is 1330. The minimum Gasteiger partial charge on any atom is -0.494 e. The molecule has 0 saturated heterocycles. The van der Waals surface area contributed by atoms with E-state index in [1.165, 1.54) is 19.3 Å². The number of fused-ring (bicyclic) bond motifs is 1. The lowest BCUT2D eigenvalue weighted by Crippen LogP contribution is -2.40. The first-order valence-corrected chi connectivity index (χ1v) is 12.5. The lowest BCUT2D eigenvalue weighted by molar-refractivity contribution is 0.149. The van der Waals surface area contributed by atoms with Crippen molar-refractivity contribution in [2.24, 2.45) is 0 Å². The molecule has 8 nitrogen and oxygen atoms in total. The highest BCUT2D eigenvalue weighted by Gasteiger charge is 2.33. The normalized spacial score (nSPS) is 15.5. The van der Waals surface area contributed by atoms with Crippen LogP contribution in [-0.2, 0) is 6.54 Å². The van der Waals surface area contributed by atoms with Gasteiger partial charge in [-0.2, -0.15) is 0 Å². The number of nitrogens with zero attached hydrogens (tertiary/aromatic N) is 5. The second-order valence-electron chi connectivity index (χ2n) is 9.28. The molecular formula is C27H32N6O2. The molecule has 182 valence electrons. The first kappa shape index (κ1) is 23.2. The molecule has 1 atom stereocenters. The number of nitrogens with one attached hydrogen (secondary N) is 1. The zero-order valence-electron chi connectivity index (χ0n) is 20.4. The highest BCUT2D eigenvalue weighted by atomic mass is 16.5. The van der Waals surface area contributed by atoms with Crippen LogP contribution in [0.25, 0.3) is 10.9 Å². The van der Waals surface area contributed by atoms with E-state index in [1.54, 1.807) is 0 Å². The van der Waals surface area contributed by atoms with Gasteiger partial charge in [0.2, 0.25) is 0 Å². The van der Waals surface area contributed by atoms with E-state index in [-0.39, 0.29) is 11.6 Å². The predicted molar refractivity (Wildman–Crippen MR) is 136 cm³/mol. The molecule has 0 amide bonds. The summed E-state index contributed by atoms with van der Waals surface area (Å²) in [6.45, 7) is 3.09. The van der Waals surface area contributed by atoms with Gasteiger partial charge in [0.1, 0.15) is 11.8 Å². The number of rotatable bonds is 8. The van der Waals surface area contributed by atoms with E-state index in [0.29, 0.717) is 30.6 Å². The molecule has 1 fully saturated rings. The van der Waals surface area contributed by atoms with Crippen LogP contribution in [0.2, 0.25) is 0 Å². The topological polar surface area (TPSA) is 88.9 Å². The van der Waals surface area contributed by atoms with Crippen molar-refractivity contribution in [2.75, 3.05) is 13.7 Å². The van der Waals surface area contributed by atoms with Crippen LogP contribution >= 0.6 is 0 Å². The van der Waals surface area contributed by atoms with Crippen molar-refractivity contribution < 1.29 is 4.74 Å². The van der Waals surface area contributed by atoms with Crippen molar-refractivity contribution in [3.8, 4) is 5.75 Å². The quantitative estimate of drug-likeness (QED) is 0.411. The Morgan fingerprint density at radius 2 is 1.91 bits per heavy atom. The second-order valence-corrected chi connectivity index (χ2v) is 9.28. The summed E-state index contributed by atoms with van der Waals surface area (Å²) in [5.41, 5.74) is 2.41. The number of ether oxygens (including phenoxy) is 1. The van der Waals surface area contributed by atoms with Gasteiger partial charge in [0.15, 0.2) is 5.82 Å². The Morgan fingerprint density at radius 1 is 1.11 bits per heavy atom. The van der Waals surface area contributed by atoms with E-state index < -0.39 is 0 Å². The third-order valence-corrected chi connectivity index (χ3v) is 6.99. The lowest BCUT2D eigenvalue weighted by atomic mass is 9.92. The number of hydrogen-bond acceptors (Lipinski definition) is 6. The Labute approximate surface area is 204 Å². The molecule has 0 unspecified atom stereocenters. The third kappa shape index (κ3) is 4.98. The molecule has 1 N–H and O–H groups in total. The largest absolute Gasteiger partial charge is 0.494 e. The summed E-state index contributed by atoms with van der Waals surface area (Å²) >= 11 is 0. The van der Waals surface area contributed by atoms with E-state index in [0.717, 1.165) is 35.1 Å². The third-order valence-electron chi connectivity index (χ3n) is 6.99. The van der Waals surface area contributed by atoms with Crippen LogP contribution in [0, 0.1) is 0 Å². The molecule has 2 aromatic heterocycles. The number of aromatic amines is 1. The number of pyridine rings is 1. The maximum absolute atomic E-state index is 13.4. The van der Waals surface area contributed by atoms with Crippen LogP contribution in [0.1, 0.15) is 62.0 Å². The fourth-order valence-electron chi connectivity index (χ4n) is 5.18. The van der Waals surface area contributed by atoms with Crippen molar-refractivity contribution in [3.05, 3.63) is 81.9 Å². The van der Waals surface area contributed by atoms with Gasteiger partial charge < -0.3 is 9.72 Å². The van der Waals surface area contributed by atoms with Crippen LogP contribution in [0.5, 0.6) is 5.75 Å². The minimum atomic E-state index is -0.374. The van der Waals surface area contributed by atoms with Crippen molar-refractivity contribution in [1.82, 2.24) is 30.1 Å². The van der Waals surface area contributed by atoms with Crippen LogP contribution in [-0.4, -0.2) is 49.8 Å². The highest BCUT2D eigenvalue weighted by molar-refractivity contribution is 5.80. The SMILES string of the molecule is CCOc1ccc2[nH]c(=O)c([C@H](c3nnnn3Cc3ccccc3)N(C)C3CCCCC3)cc2c1. The molecular weight excluding hydrogens is 440 g/mol. The molecule has 4 aromatic rings. The number of hydrogen-bond donors (Lipinski definition) is 1. The minimum absolute atomic E-state index is 0.122. The van der Waals surface area contributed by atoms with E-state index >= 15 is 0 Å². The van der Waals surface area contributed by atoms with Crippen LogP contribution < -0.4 is 10.3 Å². The van der Waals surface area contributed by atoms with Crippen LogP contribution in [0.3, 0.4) is 0 Å². The van der Waals surface area contributed by atoms with Gasteiger partial charge in [-0.3, -0.25) is 9.69 Å². The fourth-order valence-corrected chi connectivity index (χ4v) is 5.18. The molecule has 0 bridgehead atoms. The molecule has 35 heavy (non-hydrogen) atoms. The number of benzene rings is 2. The van der Waals surface area contributed by atoms with Gasteiger partial charge in [-0.15, -0.1) is 5.10 Å². The summed E-state index contributed by atoms with van der Waals surface area (Å²) in [6, 6.07) is 17.8. The van der Waals surface area contributed by atoms with E-state index in [4.69, 9.17) is 4.74 Å².